The molecule has 2 heterocycles. The van der Waals surface area contributed by atoms with Gasteiger partial charge in [-0.15, -0.1) is 0 Å². The predicted octanol–water partition coefficient (Wildman–Crippen LogP) is 2.73. The number of unbranched alkanes of at least 4 members (excludes halogenated alkanes) is 1. The molecule has 2 aromatic rings. The third kappa shape index (κ3) is 5.26. The quantitative estimate of drug-likeness (QED) is 0.477. The van der Waals surface area contributed by atoms with E-state index < -0.39 is 24.8 Å². The van der Waals surface area contributed by atoms with E-state index in [0.29, 0.717) is 35.7 Å². The molecule has 1 amide bonds. The Morgan fingerprint density at radius 2 is 1.88 bits per heavy atom. The number of carbonyl (C=O) groups excluding carboxylic acids is 2. The molecule has 0 saturated carbocycles. The maximum absolute atomic E-state index is 13.6. The van der Waals surface area contributed by atoms with E-state index in [1.54, 1.807) is 18.2 Å². The lowest BCUT2D eigenvalue weighted by Gasteiger charge is -2.27. The number of nitrogens with one attached hydrogen (secondary N) is 2. The van der Waals surface area contributed by atoms with Gasteiger partial charge in [-0.1, -0.05) is 50.3 Å². The third-order valence-electron chi connectivity index (χ3n) is 5.45. The molecule has 0 fully saturated rings. The van der Waals surface area contributed by atoms with Crippen LogP contribution in [0.4, 0.5) is 4.39 Å². The van der Waals surface area contributed by atoms with Crippen molar-refractivity contribution in [2.45, 2.75) is 32.9 Å². The largest absolute Gasteiger partial charge is 0.634 e. The Hall–Kier alpha value is -3.59. The molecular formula is C24H25BFN3O4. The monoisotopic (exact) mass is 449 g/mol. The highest BCUT2D eigenvalue weighted by Crippen LogP contribution is 2.26. The molecule has 0 radical (unpaired) electrons. The number of rotatable bonds is 8. The van der Waals surface area contributed by atoms with E-state index in [1.807, 2.05) is 24.3 Å². The fourth-order valence-electron chi connectivity index (χ4n) is 3.57. The molecular weight excluding hydrogens is 424 g/mol. The Morgan fingerprint density at radius 3 is 2.64 bits per heavy atom. The van der Waals surface area contributed by atoms with E-state index in [9.17, 15) is 14.0 Å². The predicted molar refractivity (Wildman–Crippen MR) is 123 cm³/mol. The van der Waals surface area contributed by atoms with Crippen LogP contribution in [0.2, 0.25) is 0 Å². The number of halogens is 1. The number of hydrogen-bond acceptors (Lipinski definition) is 6. The van der Waals surface area contributed by atoms with Crippen molar-refractivity contribution in [3.8, 4) is 5.75 Å². The molecule has 0 unspecified atom stereocenters. The molecule has 0 atom stereocenters. The Kier molecular flexibility index (Phi) is 6.79. The van der Waals surface area contributed by atoms with Crippen LogP contribution in [-0.4, -0.2) is 30.4 Å². The molecule has 0 saturated heterocycles. The lowest BCUT2D eigenvalue weighted by Crippen LogP contribution is -2.44. The van der Waals surface area contributed by atoms with Crippen LogP contribution in [0.3, 0.4) is 0 Å². The molecule has 2 aliphatic heterocycles. The van der Waals surface area contributed by atoms with E-state index in [-0.39, 0.29) is 0 Å². The van der Waals surface area contributed by atoms with Crippen molar-refractivity contribution in [2.24, 2.45) is 0 Å². The Balaban J connectivity index is 1.43. The molecule has 0 spiro atoms. The van der Waals surface area contributed by atoms with Crippen LogP contribution in [0.1, 0.15) is 41.3 Å². The number of fused-ring (bicyclic) bond motifs is 1. The van der Waals surface area contributed by atoms with E-state index in [4.69, 9.17) is 9.31 Å². The van der Waals surface area contributed by atoms with Crippen LogP contribution in [0.25, 0.3) is 0 Å². The lowest BCUT2D eigenvalue weighted by molar-refractivity contribution is -0.119. The second-order valence-electron chi connectivity index (χ2n) is 7.96. The van der Waals surface area contributed by atoms with Gasteiger partial charge in [-0.2, -0.15) is 4.39 Å². The first-order chi connectivity index (χ1) is 15.9. The summed E-state index contributed by atoms with van der Waals surface area (Å²) in [5.41, 5.74) is 2.96. The number of hydrogen-bond donors (Lipinski definition) is 2. The highest BCUT2D eigenvalue weighted by molar-refractivity contribution is 6.64. The first-order valence-electron chi connectivity index (χ1n) is 10.9. The van der Waals surface area contributed by atoms with E-state index >= 15 is 0 Å². The van der Waals surface area contributed by atoms with Crippen LogP contribution in [-0.2, 0) is 22.5 Å². The van der Waals surface area contributed by atoms with Crippen molar-refractivity contribution in [1.82, 2.24) is 15.5 Å². The van der Waals surface area contributed by atoms with Gasteiger partial charge in [-0.25, -0.2) is 4.79 Å². The van der Waals surface area contributed by atoms with E-state index in [1.165, 1.54) is 4.90 Å². The summed E-state index contributed by atoms with van der Waals surface area (Å²) in [6, 6.07) is 12.7. The van der Waals surface area contributed by atoms with Gasteiger partial charge in [0.05, 0.1) is 5.56 Å². The molecule has 0 aromatic heterocycles. The topological polar surface area (TPSA) is 79.9 Å². The Labute approximate surface area is 192 Å². The highest BCUT2D eigenvalue weighted by atomic mass is 19.1. The SMILES string of the molecule is C=C1NC(=O)C(F)=CN1Cc1ccc(B2OC(=O)c3ccc(CNCCCC)cc3O2)cc1. The first-order valence-corrected chi connectivity index (χ1v) is 10.9. The van der Waals surface area contributed by atoms with Crippen LogP contribution in [0.5, 0.6) is 5.75 Å². The molecule has 0 bridgehead atoms. The summed E-state index contributed by atoms with van der Waals surface area (Å²) < 4.78 is 25.1. The van der Waals surface area contributed by atoms with Gasteiger partial charge in [0.1, 0.15) is 11.6 Å². The van der Waals surface area contributed by atoms with E-state index in [2.05, 4.69) is 24.1 Å². The zero-order valence-electron chi connectivity index (χ0n) is 18.4. The zero-order chi connectivity index (χ0) is 23.4. The molecule has 4 rings (SSSR count). The van der Waals surface area contributed by atoms with Crippen LogP contribution in [0, 0.1) is 0 Å². The number of carbonyl (C=O) groups is 2. The van der Waals surface area contributed by atoms with Gasteiger partial charge in [0, 0.05) is 24.8 Å². The summed E-state index contributed by atoms with van der Waals surface area (Å²) in [6.07, 6.45) is 3.36. The van der Waals surface area contributed by atoms with Crippen molar-refractivity contribution < 1.29 is 23.3 Å². The second kappa shape index (κ2) is 9.91. The number of amides is 1. The minimum absolute atomic E-state index is 0.298. The molecule has 2 aliphatic rings. The summed E-state index contributed by atoms with van der Waals surface area (Å²) in [4.78, 5) is 25.3. The Bertz CT molecular complexity index is 1100. The van der Waals surface area contributed by atoms with Gasteiger partial charge in [0.25, 0.3) is 5.91 Å². The van der Waals surface area contributed by atoms with Crippen LogP contribution in [0.15, 0.2) is 66.9 Å². The molecule has 9 heteroatoms. The molecule has 0 aliphatic carbocycles. The number of benzene rings is 2. The summed E-state index contributed by atoms with van der Waals surface area (Å²) in [5.74, 6) is -1.32. The average Bonchev–Trinajstić information content (AvgIpc) is 2.80. The maximum Gasteiger partial charge on any atom is 0.634 e. The Morgan fingerprint density at radius 1 is 1.12 bits per heavy atom. The van der Waals surface area contributed by atoms with E-state index in [0.717, 1.165) is 36.7 Å². The van der Waals surface area contributed by atoms with Crippen molar-refractivity contribution in [3.63, 3.8) is 0 Å². The summed E-state index contributed by atoms with van der Waals surface area (Å²) in [7, 11) is -0.857. The molecule has 33 heavy (non-hydrogen) atoms. The molecule has 170 valence electrons. The standard InChI is InChI=1S/C24H25BFN3O4/c1-3-4-11-27-13-18-7-10-20-22(12-18)32-25(33-24(20)31)19-8-5-17(6-9-19)14-29-15-21(26)23(30)28-16(29)2/h5-10,12,15,27H,2-4,11,13-14H2,1H3,(H,28,30). The van der Waals surface area contributed by atoms with Crippen molar-refractivity contribution in [2.75, 3.05) is 6.54 Å². The molecule has 7 nitrogen and oxygen atoms in total. The first kappa shape index (κ1) is 22.6. The minimum Gasteiger partial charge on any atom is -0.521 e. The zero-order valence-corrected chi connectivity index (χ0v) is 18.4. The lowest BCUT2D eigenvalue weighted by atomic mass is 9.77. The van der Waals surface area contributed by atoms with Crippen molar-refractivity contribution in [1.29, 1.82) is 0 Å². The van der Waals surface area contributed by atoms with Gasteiger partial charge in [0.15, 0.2) is 0 Å². The smallest absolute Gasteiger partial charge is 0.521 e. The fourth-order valence-corrected chi connectivity index (χ4v) is 3.57. The molecule has 2 N–H and O–H groups in total. The highest BCUT2D eigenvalue weighted by Gasteiger charge is 2.35. The molecule has 2 aromatic carbocycles. The normalized spacial score (nSPS) is 15.5. The van der Waals surface area contributed by atoms with Gasteiger partial charge in [0.2, 0.25) is 5.83 Å². The van der Waals surface area contributed by atoms with Gasteiger partial charge < -0.3 is 24.8 Å². The van der Waals surface area contributed by atoms with Crippen LogP contribution >= 0.6 is 0 Å². The fraction of sp³-hybridized carbons (Fsp3) is 0.250. The number of nitrogens with zero attached hydrogens (tertiary/aromatic N) is 1. The minimum atomic E-state index is -0.875. The third-order valence-corrected chi connectivity index (χ3v) is 5.45. The average molecular weight is 449 g/mol. The van der Waals surface area contributed by atoms with Gasteiger partial charge in [-0.05, 0) is 36.2 Å². The maximum atomic E-state index is 13.6. The van der Waals surface area contributed by atoms with Gasteiger partial charge >= 0.3 is 13.1 Å². The summed E-state index contributed by atoms with van der Waals surface area (Å²) in [5, 5.41) is 5.75. The van der Waals surface area contributed by atoms with Crippen molar-refractivity contribution in [3.05, 3.63) is 83.6 Å². The summed E-state index contributed by atoms with van der Waals surface area (Å²) in [6.45, 7) is 7.83. The summed E-state index contributed by atoms with van der Waals surface area (Å²) >= 11 is 0. The second-order valence-corrected chi connectivity index (χ2v) is 7.96. The van der Waals surface area contributed by atoms with Gasteiger partial charge in [-0.3, -0.25) is 4.79 Å². The van der Waals surface area contributed by atoms with Crippen LogP contribution < -0.4 is 20.8 Å². The van der Waals surface area contributed by atoms with Crippen molar-refractivity contribution >= 4 is 24.5 Å².